The van der Waals surface area contributed by atoms with Crippen LogP contribution in [0.3, 0.4) is 0 Å². The first-order valence-corrected chi connectivity index (χ1v) is 5.77. The zero-order valence-corrected chi connectivity index (χ0v) is 10.7. The molecule has 6 heteroatoms. The Labute approximate surface area is 114 Å². The van der Waals surface area contributed by atoms with E-state index in [1.165, 1.54) is 24.3 Å². The number of nitro groups is 1. The van der Waals surface area contributed by atoms with Crippen molar-refractivity contribution in [1.82, 2.24) is 0 Å². The van der Waals surface area contributed by atoms with Crippen LogP contribution in [0.2, 0.25) is 5.02 Å². The molecule has 0 heterocycles. The van der Waals surface area contributed by atoms with Crippen molar-refractivity contribution in [3.05, 3.63) is 57.1 Å². The average Bonchev–Trinajstić information content (AvgIpc) is 2.35. The second-order valence-electron chi connectivity index (χ2n) is 3.87. The highest BCUT2D eigenvalue weighted by molar-refractivity contribution is 6.30. The lowest BCUT2D eigenvalue weighted by molar-refractivity contribution is -0.385. The summed E-state index contributed by atoms with van der Waals surface area (Å²) in [6, 6.07) is 8.77. The number of nitro benzene ring substituents is 1. The first-order chi connectivity index (χ1) is 8.99. The van der Waals surface area contributed by atoms with E-state index in [1.54, 1.807) is 19.1 Å². The summed E-state index contributed by atoms with van der Waals surface area (Å²) in [7, 11) is 0. The van der Waals surface area contributed by atoms with Gasteiger partial charge in [0.2, 0.25) is 5.75 Å². The maximum atomic E-state index is 10.9. The molecule has 0 fully saturated rings. The van der Waals surface area contributed by atoms with E-state index < -0.39 is 4.92 Å². The standard InChI is InChI=1S/C13H10ClNO4/c1-8-11(16)3-2-4-12(8)19-13-7-9(14)5-6-10(13)15(17)18/h2-7,16H,1H3. The number of hydrogen-bond donors (Lipinski definition) is 1. The third-order valence-electron chi connectivity index (χ3n) is 2.59. The minimum atomic E-state index is -0.552. The fourth-order valence-electron chi connectivity index (χ4n) is 1.55. The third-order valence-corrected chi connectivity index (χ3v) is 2.83. The van der Waals surface area contributed by atoms with E-state index >= 15 is 0 Å². The third kappa shape index (κ3) is 2.77. The molecule has 0 aliphatic rings. The van der Waals surface area contributed by atoms with Gasteiger partial charge in [-0.25, -0.2) is 0 Å². The van der Waals surface area contributed by atoms with Crippen LogP contribution in [0.25, 0.3) is 0 Å². The van der Waals surface area contributed by atoms with Gasteiger partial charge in [-0.1, -0.05) is 17.7 Å². The Morgan fingerprint density at radius 2 is 2.00 bits per heavy atom. The zero-order chi connectivity index (χ0) is 14.0. The molecule has 5 nitrogen and oxygen atoms in total. The van der Waals surface area contributed by atoms with Crippen LogP contribution in [0.15, 0.2) is 36.4 Å². The molecular formula is C13H10ClNO4. The van der Waals surface area contributed by atoms with Crippen molar-refractivity contribution in [3.63, 3.8) is 0 Å². The van der Waals surface area contributed by atoms with Gasteiger partial charge in [-0.3, -0.25) is 10.1 Å². The molecule has 98 valence electrons. The van der Waals surface area contributed by atoms with Crippen molar-refractivity contribution in [2.24, 2.45) is 0 Å². The van der Waals surface area contributed by atoms with E-state index in [-0.39, 0.29) is 17.2 Å². The average molecular weight is 280 g/mol. The molecule has 2 aromatic carbocycles. The van der Waals surface area contributed by atoms with Crippen molar-refractivity contribution in [2.75, 3.05) is 0 Å². The lowest BCUT2D eigenvalue weighted by Gasteiger charge is -2.10. The highest BCUT2D eigenvalue weighted by atomic mass is 35.5. The molecule has 0 aliphatic carbocycles. The van der Waals surface area contributed by atoms with Crippen LogP contribution in [-0.4, -0.2) is 10.0 Å². The molecule has 0 unspecified atom stereocenters. The van der Waals surface area contributed by atoms with Crippen molar-refractivity contribution < 1.29 is 14.8 Å². The van der Waals surface area contributed by atoms with Gasteiger partial charge in [0, 0.05) is 22.7 Å². The molecule has 0 saturated heterocycles. The largest absolute Gasteiger partial charge is 0.508 e. The monoisotopic (exact) mass is 279 g/mol. The molecule has 2 rings (SSSR count). The quantitative estimate of drug-likeness (QED) is 0.679. The Kier molecular flexibility index (Phi) is 3.57. The molecule has 0 radical (unpaired) electrons. The number of phenolic OH excluding ortho intramolecular Hbond substituents is 1. The Morgan fingerprint density at radius 1 is 1.26 bits per heavy atom. The van der Waals surface area contributed by atoms with E-state index in [4.69, 9.17) is 16.3 Å². The van der Waals surface area contributed by atoms with Crippen LogP contribution in [0.4, 0.5) is 5.69 Å². The van der Waals surface area contributed by atoms with Crippen LogP contribution >= 0.6 is 11.6 Å². The smallest absolute Gasteiger partial charge is 0.311 e. The number of halogens is 1. The van der Waals surface area contributed by atoms with Gasteiger partial charge in [-0.05, 0) is 25.1 Å². The summed E-state index contributed by atoms with van der Waals surface area (Å²) in [5, 5.41) is 20.8. The van der Waals surface area contributed by atoms with Crippen molar-refractivity contribution in [3.8, 4) is 17.2 Å². The van der Waals surface area contributed by atoms with Crippen LogP contribution in [0.1, 0.15) is 5.56 Å². The van der Waals surface area contributed by atoms with Gasteiger partial charge in [-0.15, -0.1) is 0 Å². The molecule has 19 heavy (non-hydrogen) atoms. The van der Waals surface area contributed by atoms with Crippen molar-refractivity contribution in [2.45, 2.75) is 6.92 Å². The van der Waals surface area contributed by atoms with Crippen LogP contribution < -0.4 is 4.74 Å². The summed E-state index contributed by atoms with van der Waals surface area (Å²) in [5.74, 6) is 0.429. The fraction of sp³-hybridized carbons (Fsp3) is 0.0769. The molecule has 0 atom stereocenters. The van der Waals surface area contributed by atoms with Crippen LogP contribution in [0, 0.1) is 17.0 Å². The molecule has 0 aromatic heterocycles. The molecule has 0 amide bonds. The van der Waals surface area contributed by atoms with Crippen molar-refractivity contribution in [1.29, 1.82) is 0 Å². The van der Waals surface area contributed by atoms with Gasteiger partial charge in [0.25, 0.3) is 0 Å². The first kappa shape index (κ1) is 13.2. The SMILES string of the molecule is Cc1c(O)cccc1Oc1cc(Cl)ccc1[N+](=O)[O-]. The minimum Gasteiger partial charge on any atom is -0.508 e. The topological polar surface area (TPSA) is 72.6 Å². The predicted molar refractivity (Wildman–Crippen MR) is 71.0 cm³/mol. The molecule has 0 saturated carbocycles. The second kappa shape index (κ2) is 5.16. The number of ether oxygens (including phenoxy) is 1. The zero-order valence-electron chi connectivity index (χ0n) is 9.96. The van der Waals surface area contributed by atoms with E-state index in [2.05, 4.69) is 0 Å². The predicted octanol–water partition coefficient (Wildman–Crippen LogP) is 4.05. The number of benzene rings is 2. The highest BCUT2D eigenvalue weighted by Crippen LogP contribution is 2.36. The highest BCUT2D eigenvalue weighted by Gasteiger charge is 2.17. The first-order valence-electron chi connectivity index (χ1n) is 5.39. The summed E-state index contributed by atoms with van der Waals surface area (Å²) in [6.07, 6.45) is 0. The van der Waals surface area contributed by atoms with Crippen molar-refractivity contribution >= 4 is 17.3 Å². The number of aromatic hydroxyl groups is 1. The Morgan fingerprint density at radius 3 is 2.68 bits per heavy atom. The molecular weight excluding hydrogens is 270 g/mol. The van der Waals surface area contributed by atoms with E-state index in [0.29, 0.717) is 16.3 Å². The number of rotatable bonds is 3. The number of hydrogen-bond acceptors (Lipinski definition) is 4. The normalized spacial score (nSPS) is 10.2. The summed E-state index contributed by atoms with van der Waals surface area (Å²) < 4.78 is 5.48. The van der Waals surface area contributed by atoms with Crippen LogP contribution in [-0.2, 0) is 0 Å². The second-order valence-corrected chi connectivity index (χ2v) is 4.31. The van der Waals surface area contributed by atoms with Gasteiger partial charge in [0.1, 0.15) is 11.5 Å². The van der Waals surface area contributed by atoms with E-state index in [1.807, 2.05) is 0 Å². The summed E-state index contributed by atoms with van der Waals surface area (Å²) in [4.78, 5) is 10.4. The van der Waals surface area contributed by atoms with Gasteiger partial charge < -0.3 is 9.84 Å². The van der Waals surface area contributed by atoms with Crippen LogP contribution in [0.5, 0.6) is 17.2 Å². The summed E-state index contributed by atoms with van der Waals surface area (Å²) >= 11 is 5.81. The Balaban J connectivity index is 2.45. The molecule has 0 spiro atoms. The summed E-state index contributed by atoms with van der Waals surface area (Å²) in [5.41, 5.74) is 0.309. The number of phenols is 1. The Hall–Kier alpha value is -2.27. The Bertz CT molecular complexity index is 643. The van der Waals surface area contributed by atoms with Gasteiger partial charge in [0.15, 0.2) is 0 Å². The van der Waals surface area contributed by atoms with E-state index in [9.17, 15) is 15.2 Å². The molecule has 2 aromatic rings. The molecule has 1 N–H and O–H groups in total. The number of nitrogens with zero attached hydrogens (tertiary/aromatic N) is 1. The fourth-order valence-corrected chi connectivity index (χ4v) is 1.71. The van der Waals surface area contributed by atoms with Gasteiger partial charge in [-0.2, -0.15) is 0 Å². The van der Waals surface area contributed by atoms with E-state index in [0.717, 1.165) is 0 Å². The van der Waals surface area contributed by atoms with Gasteiger partial charge in [0.05, 0.1) is 4.92 Å². The molecule has 0 aliphatic heterocycles. The minimum absolute atomic E-state index is 0.0335. The van der Waals surface area contributed by atoms with Gasteiger partial charge >= 0.3 is 5.69 Å². The molecule has 0 bridgehead atoms. The lowest BCUT2D eigenvalue weighted by atomic mass is 10.2. The lowest BCUT2D eigenvalue weighted by Crippen LogP contribution is -1.94. The maximum absolute atomic E-state index is 10.9. The summed E-state index contributed by atoms with van der Waals surface area (Å²) in [6.45, 7) is 1.65. The maximum Gasteiger partial charge on any atom is 0.311 e.